The number of likely N-dealkylation sites (N-methyl/N-ethyl adjacent to an activating group) is 1. The lowest BCUT2D eigenvalue weighted by Gasteiger charge is -2.43. The average Bonchev–Trinajstić information content (AvgIpc) is 2.58. The molecule has 1 heterocycles. The average molecular weight is 362 g/mol. The number of anilines is 1. The standard InChI is InChI=1S/C21H32N2O3/c1-6-11-23(5)12-9-8-10-18(23)21(25)22-20-15(3)13-17(14-16(20)4)26-19(24)7-2/h13-14,18H,6-12H2,1-5H3/p+1/t18-,23?/m0/s1. The van der Waals surface area contributed by atoms with E-state index in [1.54, 1.807) is 6.92 Å². The van der Waals surface area contributed by atoms with Crippen molar-refractivity contribution in [3.8, 4) is 5.75 Å². The monoisotopic (exact) mass is 361 g/mol. The lowest BCUT2D eigenvalue weighted by molar-refractivity contribution is -0.929. The molecule has 1 aromatic carbocycles. The minimum Gasteiger partial charge on any atom is -0.427 e. The first-order valence-corrected chi connectivity index (χ1v) is 9.77. The van der Waals surface area contributed by atoms with Crippen LogP contribution in [0.1, 0.15) is 57.1 Å². The molecule has 1 unspecified atom stereocenters. The van der Waals surface area contributed by atoms with Crippen molar-refractivity contribution in [1.82, 2.24) is 0 Å². The normalized spacial score (nSPS) is 22.7. The minimum absolute atomic E-state index is 0.0000886. The van der Waals surface area contributed by atoms with E-state index in [1.165, 1.54) is 6.42 Å². The molecule has 0 aromatic heterocycles. The van der Waals surface area contributed by atoms with E-state index in [1.807, 2.05) is 26.0 Å². The number of hydrogen-bond acceptors (Lipinski definition) is 3. The Morgan fingerprint density at radius 1 is 1.19 bits per heavy atom. The van der Waals surface area contributed by atoms with Crippen molar-refractivity contribution in [2.75, 3.05) is 25.5 Å². The molecule has 1 aromatic rings. The maximum absolute atomic E-state index is 13.1. The molecule has 0 saturated carbocycles. The quantitative estimate of drug-likeness (QED) is 0.474. The molecular formula is C21H33N2O3+. The summed E-state index contributed by atoms with van der Waals surface area (Å²) in [5.41, 5.74) is 2.66. The number of nitrogens with zero attached hydrogens (tertiary/aromatic N) is 1. The Labute approximate surface area is 157 Å². The molecule has 5 nitrogen and oxygen atoms in total. The van der Waals surface area contributed by atoms with E-state index in [-0.39, 0.29) is 17.9 Å². The zero-order valence-corrected chi connectivity index (χ0v) is 16.9. The molecule has 1 N–H and O–H groups in total. The fraction of sp³-hybridized carbons (Fsp3) is 0.619. The number of rotatable bonds is 6. The van der Waals surface area contributed by atoms with Crippen LogP contribution in [0.2, 0.25) is 0 Å². The predicted molar refractivity (Wildman–Crippen MR) is 104 cm³/mol. The first kappa shape index (κ1) is 20.4. The first-order chi connectivity index (χ1) is 12.3. The molecule has 0 radical (unpaired) electrons. The number of quaternary nitrogens is 1. The summed E-state index contributed by atoms with van der Waals surface area (Å²) in [6.07, 6.45) is 4.66. The van der Waals surface area contributed by atoms with Crippen LogP contribution >= 0.6 is 0 Å². The lowest BCUT2D eigenvalue weighted by atomic mass is 9.97. The van der Waals surface area contributed by atoms with Crippen molar-refractivity contribution in [1.29, 1.82) is 0 Å². The largest absolute Gasteiger partial charge is 0.427 e. The highest BCUT2D eigenvalue weighted by atomic mass is 16.5. The first-order valence-electron chi connectivity index (χ1n) is 9.77. The van der Waals surface area contributed by atoms with Gasteiger partial charge < -0.3 is 14.5 Å². The topological polar surface area (TPSA) is 55.4 Å². The Bertz CT molecular complexity index is 644. The van der Waals surface area contributed by atoms with Crippen molar-refractivity contribution in [3.63, 3.8) is 0 Å². The van der Waals surface area contributed by atoms with Gasteiger partial charge in [-0.25, -0.2) is 0 Å². The molecule has 2 atom stereocenters. The fourth-order valence-corrected chi connectivity index (χ4v) is 4.06. The van der Waals surface area contributed by atoms with Gasteiger partial charge in [0.05, 0.1) is 20.1 Å². The predicted octanol–water partition coefficient (Wildman–Crippen LogP) is 3.97. The number of benzene rings is 1. The molecule has 1 aliphatic rings. The summed E-state index contributed by atoms with van der Waals surface area (Å²) in [5.74, 6) is 0.384. The summed E-state index contributed by atoms with van der Waals surface area (Å²) in [4.78, 5) is 24.6. The van der Waals surface area contributed by atoms with E-state index in [9.17, 15) is 9.59 Å². The third kappa shape index (κ3) is 4.64. The molecule has 2 rings (SSSR count). The maximum atomic E-state index is 13.1. The fourth-order valence-electron chi connectivity index (χ4n) is 4.06. The summed E-state index contributed by atoms with van der Waals surface area (Å²) in [6, 6.07) is 3.63. The van der Waals surface area contributed by atoms with Gasteiger partial charge in [-0.2, -0.15) is 0 Å². The van der Waals surface area contributed by atoms with Crippen LogP contribution in [0.3, 0.4) is 0 Å². The molecule has 0 spiro atoms. The Kier molecular flexibility index (Phi) is 6.81. The van der Waals surface area contributed by atoms with Gasteiger partial charge >= 0.3 is 5.97 Å². The van der Waals surface area contributed by atoms with Crippen molar-refractivity contribution < 1.29 is 18.8 Å². The van der Waals surface area contributed by atoms with Crippen LogP contribution in [0.15, 0.2) is 12.1 Å². The lowest BCUT2D eigenvalue weighted by Crippen LogP contribution is -2.60. The second kappa shape index (κ2) is 8.67. The Hall–Kier alpha value is -1.88. The van der Waals surface area contributed by atoms with Gasteiger partial charge in [0.2, 0.25) is 0 Å². The van der Waals surface area contributed by atoms with Crippen LogP contribution in [0.4, 0.5) is 5.69 Å². The molecule has 1 fully saturated rings. The second-order valence-electron chi connectivity index (χ2n) is 7.69. The van der Waals surface area contributed by atoms with Gasteiger partial charge in [0.15, 0.2) is 6.04 Å². The molecule has 1 aliphatic heterocycles. The van der Waals surface area contributed by atoms with Gasteiger partial charge in [-0.05, 0) is 56.4 Å². The number of amides is 1. The molecule has 0 bridgehead atoms. The number of likely N-dealkylation sites (tertiary alicyclic amines) is 1. The number of aryl methyl sites for hydroxylation is 2. The molecular weight excluding hydrogens is 328 g/mol. The molecule has 26 heavy (non-hydrogen) atoms. The highest BCUT2D eigenvalue weighted by Crippen LogP contribution is 2.29. The minimum atomic E-state index is -0.254. The summed E-state index contributed by atoms with van der Waals surface area (Å²) >= 11 is 0. The van der Waals surface area contributed by atoms with Crippen LogP contribution < -0.4 is 10.1 Å². The van der Waals surface area contributed by atoms with Gasteiger partial charge in [0.25, 0.3) is 5.91 Å². The van der Waals surface area contributed by atoms with Gasteiger partial charge in [0, 0.05) is 18.5 Å². The third-order valence-corrected chi connectivity index (χ3v) is 5.46. The SMILES string of the molecule is CCC[N+]1(C)CCCC[C@H]1C(=O)Nc1c(C)cc(OC(=O)CC)cc1C. The van der Waals surface area contributed by atoms with E-state index < -0.39 is 0 Å². The third-order valence-electron chi connectivity index (χ3n) is 5.46. The summed E-state index contributed by atoms with van der Waals surface area (Å²) in [7, 11) is 2.21. The van der Waals surface area contributed by atoms with Crippen LogP contribution in [0.25, 0.3) is 0 Å². The van der Waals surface area contributed by atoms with E-state index in [2.05, 4.69) is 19.3 Å². The zero-order chi connectivity index (χ0) is 19.3. The van der Waals surface area contributed by atoms with Crippen molar-refractivity contribution in [3.05, 3.63) is 23.3 Å². The summed E-state index contributed by atoms with van der Waals surface area (Å²) in [6.45, 7) is 9.92. The van der Waals surface area contributed by atoms with Crippen molar-refractivity contribution >= 4 is 17.6 Å². The number of carbonyl (C=O) groups excluding carboxylic acids is 2. The van der Waals surface area contributed by atoms with E-state index >= 15 is 0 Å². The van der Waals surface area contributed by atoms with Crippen LogP contribution in [0.5, 0.6) is 5.75 Å². The second-order valence-corrected chi connectivity index (χ2v) is 7.69. The van der Waals surface area contributed by atoms with Gasteiger partial charge in [0.1, 0.15) is 5.75 Å². The Morgan fingerprint density at radius 3 is 2.42 bits per heavy atom. The molecule has 0 aliphatic carbocycles. The number of piperidine rings is 1. The Balaban J connectivity index is 2.19. The highest BCUT2D eigenvalue weighted by molar-refractivity contribution is 5.95. The summed E-state index contributed by atoms with van der Waals surface area (Å²) in [5, 5.41) is 3.16. The molecule has 1 amide bonds. The number of carbonyl (C=O) groups is 2. The highest BCUT2D eigenvalue weighted by Gasteiger charge is 2.40. The maximum Gasteiger partial charge on any atom is 0.310 e. The number of nitrogens with one attached hydrogen (secondary N) is 1. The number of esters is 1. The van der Waals surface area contributed by atoms with E-state index in [4.69, 9.17) is 4.74 Å². The van der Waals surface area contributed by atoms with Crippen LogP contribution in [-0.4, -0.2) is 42.5 Å². The molecule has 144 valence electrons. The van der Waals surface area contributed by atoms with Gasteiger partial charge in [-0.15, -0.1) is 0 Å². The van der Waals surface area contributed by atoms with E-state index in [0.717, 1.165) is 53.6 Å². The van der Waals surface area contributed by atoms with E-state index in [0.29, 0.717) is 12.2 Å². The van der Waals surface area contributed by atoms with Crippen LogP contribution in [-0.2, 0) is 9.59 Å². The zero-order valence-electron chi connectivity index (χ0n) is 16.9. The molecule has 5 heteroatoms. The van der Waals surface area contributed by atoms with Gasteiger partial charge in [-0.1, -0.05) is 13.8 Å². The smallest absolute Gasteiger partial charge is 0.310 e. The number of hydrogen-bond donors (Lipinski definition) is 1. The Morgan fingerprint density at radius 2 is 1.85 bits per heavy atom. The van der Waals surface area contributed by atoms with Gasteiger partial charge in [-0.3, -0.25) is 9.59 Å². The molecule has 1 saturated heterocycles. The van der Waals surface area contributed by atoms with Crippen molar-refractivity contribution in [2.45, 2.75) is 65.8 Å². The van der Waals surface area contributed by atoms with Crippen LogP contribution in [0, 0.1) is 13.8 Å². The number of ether oxygens (including phenoxy) is 1. The summed E-state index contributed by atoms with van der Waals surface area (Å²) < 4.78 is 6.14. The van der Waals surface area contributed by atoms with Crippen molar-refractivity contribution in [2.24, 2.45) is 0 Å².